The van der Waals surface area contributed by atoms with Crippen molar-refractivity contribution >= 4 is 44.3 Å². The van der Waals surface area contributed by atoms with E-state index in [0.29, 0.717) is 29.6 Å². The Morgan fingerprint density at radius 1 is 1.08 bits per heavy atom. The van der Waals surface area contributed by atoms with E-state index in [-0.39, 0.29) is 6.54 Å². The molecule has 1 aliphatic rings. The van der Waals surface area contributed by atoms with Crippen LogP contribution in [-0.2, 0) is 29.7 Å². The summed E-state index contributed by atoms with van der Waals surface area (Å²) in [4.78, 5) is 3.32. The van der Waals surface area contributed by atoms with Crippen molar-refractivity contribution in [1.82, 2.24) is 14.0 Å². The van der Waals surface area contributed by atoms with Gasteiger partial charge in [-0.25, -0.2) is 0 Å². The Hall–Kier alpha value is -1.57. The molecule has 3 aromatic rings. The van der Waals surface area contributed by atoms with E-state index in [9.17, 15) is 8.42 Å². The second kappa shape index (κ2) is 6.87. The molecule has 136 valence electrons. The number of aromatic nitrogens is 1. The zero-order chi connectivity index (χ0) is 18.3. The molecule has 26 heavy (non-hydrogen) atoms. The maximum absolute atomic E-state index is 12.7. The molecule has 0 radical (unpaired) electrons. The van der Waals surface area contributed by atoms with Crippen LogP contribution in [0.4, 0.5) is 0 Å². The second-order valence-corrected chi connectivity index (χ2v) is 8.94. The molecule has 0 saturated carbocycles. The highest BCUT2D eigenvalue weighted by Crippen LogP contribution is 2.30. The third-order valence-electron chi connectivity index (χ3n) is 4.61. The van der Waals surface area contributed by atoms with Gasteiger partial charge >= 0.3 is 0 Å². The van der Waals surface area contributed by atoms with Crippen LogP contribution in [0.2, 0.25) is 10.0 Å². The van der Waals surface area contributed by atoms with Gasteiger partial charge in [0.1, 0.15) is 0 Å². The first-order valence-corrected chi connectivity index (χ1v) is 10.4. The zero-order valence-electron chi connectivity index (χ0n) is 13.8. The van der Waals surface area contributed by atoms with Gasteiger partial charge in [0.2, 0.25) is 0 Å². The number of halogens is 2. The summed E-state index contributed by atoms with van der Waals surface area (Å²) in [5.74, 6) is 0. The minimum Gasteiger partial charge on any atom is -0.357 e. The predicted octanol–water partition coefficient (Wildman–Crippen LogP) is 3.87. The molecule has 0 aliphatic carbocycles. The molecule has 4 rings (SSSR count). The third-order valence-corrected chi connectivity index (χ3v) is 6.60. The lowest BCUT2D eigenvalue weighted by atomic mass is 10.0. The van der Waals surface area contributed by atoms with E-state index in [1.165, 1.54) is 4.31 Å². The monoisotopic (exact) mass is 409 g/mol. The van der Waals surface area contributed by atoms with Crippen LogP contribution in [0.15, 0.2) is 42.5 Å². The molecule has 5 nitrogen and oxygen atoms in total. The maximum atomic E-state index is 12.7. The lowest BCUT2D eigenvalue weighted by Gasteiger charge is -2.26. The summed E-state index contributed by atoms with van der Waals surface area (Å²) in [6.45, 7) is 0.977. The largest absolute Gasteiger partial charge is 0.357 e. The molecule has 1 aliphatic heterocycles. The average molecular weight is 410 g/mol. The Morgan fingerprint density at radius 2 is 1.81 bits per heavy atom. The Balaban J connectivity index is 1.52. The lowest BCUT2D eigenvalue weighted by molar-refractivity contribution is 0.381. The number of hydrogen-bond donors (Lipinski definition) is 2. The highest BCUT2D eigenvalue weighted by Gasteiger charge is 2.28. The number of aromatic amines is 1. The molecular formula is C18H17Cl2N3O2S. The summed E-state index contributed by atoms with van der Waals surface area (Å²) >= 11 is 11.9. The molecule has 1 aromatic heterocycles. The van der Waals surface area contributed by atoms with Crippen molar-refractivity contribution in [1.29, 1.82) is 0 Å². The van der Waals surface area contributed by atoms with Crippen LogP contribution in [0, 0.1) is 0 Å². The van der Waals surface area contributed by atoms with Crippen molar-refractivity contribution in [2.75, 3.05) is 6.54 Å². The minimum absolute atomic E-state index is 0.227. The van der Waals surface area contributed by atoms with E-state index in [2.05, 4.69) is 9.71 Å². The van der Waals surface area contributed by atoms with Crippen LogP contribution in [0.3, 0.4) is 0 Å². The van der Waals surface area contributed by atoms with Crippen molar-refractivity contribution in [2.45, 2.75) is 19.5 Å². The fourth-order valence-corrected chi connectivity index (χ4v) is 4.72. The summed E-state index contributed by atoms with van der Waals surface area (Å²) in [6.07, 6.45) is 0.650. The van der Waals surface area contributed by atoms with Crippen LogP contribution in [0.5, 0.6) is 0 Å². The van der Waals surface area contributed by atoms with Gasteiger partial charge in [0, 0.05) is 39.7 Å². The van der Waals surface area contributed by atoms with Crippen molar-refractivity contribution < 1.29 is 8.42 Å². The molecule has 0 bridgehead atoms. The first-order valence-electron chi connectivity index (χ1n) is 8.20. The number of H-pyrrole nitrogens is 1. The molecule has 8 heteroatoms. The molecular weight excluding hydrogens is 393 g/mol. The van der Waals surface area contributed by atoms with Gasteiger partial charge in [-0.1, -0.05) is 35.3 Å². The number of nitrogens with one attached hydrogen (secondary N) is 2. The van der Waals surface area contributed by atoms with Crippen molar-refractivity contribution in [3.8, 4) is 0 Å². The third kappa shape index (κ3) is 3.48. The Morgan fingerprint density at radius 3 is 2.58 bits per heavy atom. The fraction of sp³-hybridized carbons (Fsp3) is 0.222. The topological polar surface area (TPSA) is 65.2 Å². The van der Waals surface area contributed by atoms with Gasteiger partial charge < -0.3 is 4.98 Å². The van der Waals surface area contributed by atoms with E-state index in [4.69, 9.17) is 23.2 Å². The Labute approximate surface area is 162 Å². The summed E-state index contributed by atoms with van der Waals surface area (Å²) in [5.41, 5.74) is 3.90. The van der Waals surface area contributed by atoms with Crippen molar-refractivity contribution in [3.05, 3.63) is 69.3 Å². The minimum atomic E-state index is -3.58. The normalized spacial score (nSPS) is 15.3. The number of hydrogen-bond acceptors (Lipinski definition) is 2. The Kier molecular flexibility index (Phi) is 4.71. The van der Waals surface area contributed by atoms with E-state index in [0.717, 1.165) is 27.7 Å². The molecule has 0 saturated heterocycles. The molecule has 2 heterocycles. The van der Waals surface area contributed by atoms with Gasteiger partial charge in [-0.3, -0.25) is 0 Å². The smallest absolute Gasteiger partial charge is 0.280 e. The highest BCUT2D eigenvalue weighted by atomic mass is 35.5. The average Bonchev–Trinajstić information content (AvgIpc) is 2.98. The summed E-state index contributed by atoms with van der Waals surface area (Å²) in [6, 6.07) is 12.8. The fourth-order valence-electron chi connectivity index (χ4n) is 3.26. The number of rotatable bonds is 4. The van der Waals surface area contributed by atoms with Gasteiger partial charge in [0.05, 0.1) is 6.54 Å². The predicted molar refractivity (Wildman–Crippen MR) is 105 cm³/mol. The second-order valence-electron chi connectivity index (χ2n) is 6.31. The SMILES string of the molecule is O=S(=O)(NCc1ccc(Cl)cc1)N1CCc2c([nH]c3ccc(Cl)cc23)C1. The first kappa shape index (κ1) is 17.8. The van der Waals surface area contributed by atoms with E-state index < -0.39 is 10.2 Å². The van der Waals surface area contributed by atoms with Crippen molar-refractivity contribution in [2.24, 2.45) is 0 Å². The van der Waals surface area contributed by atoms with Crippen molar-refractivity contribution in [3.63, 3.8) is 0 Å². The molecule has 2 aromatic carbocycles. The van der Waals surface area contributed by atoms with Crippen LogP contribution in [-0.4, -0.2) is 24.3 Å². The van der Waals surface area contributed by atoms with Crippen LogP contribution in [0.1, 0.15) is 16.8 Å². The van der Waals surface area contributed by atoms with Crippen LogP contribution < -0.4 is 4.72 Å². The molecule has 0 atom stereocenters. The van der Waals surface area contributed by atoms with Gasteiger partial charge in [-0.05, 0) is 47.9 Å². The molecule has 0 unspecified atom stereocenters. The molecule has 2 N–H and O–H groups in total. The van der Waals surface area contributed by atoms with E-state index in [1.54, 1.807) is 24.3 Å². The number of fused-ring (bicyclic) bond motifs is 3. The lowest BCUT2D eigenvalue weighted by Crippen LogP contribution is -2.43. The summed E-state index contributed by atoms with van der Waals surface area (Å²) < 4.78 is 29.4. The summed E-state index contributed by atoms with van der Waals surface area (Å²) in [7, 11) is -3.58. The van der Waals surface area contributed by atoms with Gasteiger partial charge in [0.25, 0.3) is 10.2 Å². The quantitative estimate of drug-likeness (QED) is 0.686. The van der Waals surface area contributed by atoms with Gasteiger partial charge in [0.15, 0.2) is 0 Å². The summed E-state index contributed by atoms with van der Waals surface area (Å²) in [5, 5.41) is 2.37. The molecule has 0 spiro atoms. The zero-order valence-corrected chi connectivity index (χ0v) is 16.1. The van der Waals surface area contributed by atoms with Gasteiger partial charge in [-0.15, -0.1) is 0 Å². The molecule has 0 fully saturated rings. The van der Waals surface area contributed by atoms with Crippen LogP contribution >= 0.6 is 23.2 Å². The first-order chi connectivity index (χ1) is 12.4. The van der Waals surface area contributed by atoms with E-state index >= 15 is 0 Å². The maximum Gasteiger partial charge on any atom is 0.280 e. The van der Waals surface area contributed by atoms with E-state index in [1.807, 2.05) is 18.2 Å². The Bertz CT molecular complexity index is 1060. The molecule has 0 amide bonds. The standard InChI is InChI=1S/C18H17Cl2N3O2S/c19-13-3-1-12(2-4-13)10-21-26(24,25)23-8-7-15-16-9-14(20)5-6-17(16)22-18(15)11-23/h1-6,9,21-22H,7-8,10-11H2. The van der Waals surface area contributed by atoms with Crippen LogP contribution in [0.25, 0.3) is 10.9 Å². The van der Waals surface area contributed by atoms with Gasteiger partial charge in [-0.2, -0.15) is 17.4 Å². The highest BCUT2D eigenvalue weighted by molar-refractivity contribution is 7.87. The number of nitrogens with zero attached hydrogens (tertiary/aromatic N) is 1. The number of benzene rings is 2.